The number of fused-ring (bicyclic) bond motifs is 1. The van der Waals surface area contributed by atoms with E-state index in [-0.39, 0.29) is 11.4 Å². The molecule has 0 N–H and O–H groups in total. The molecule has 0 atom stereocenters. The average Bonchev–Trinajstić information content (AvgIpc) is 3.26. The first-order valence-electron chi connectivity index (χ1n) is 8.62. The van der Waals surface area contributed by atoms with Crippen LogP contribution in [-0.4, -0.2) is 19.7 Å². The van der Waals surface area contributed by atoms with Gasteiger partial charge < -0.3 is 4.52 Å². The predicted molar refractivity (Wildman–Crippen MR) is 101 cm³/mol. The fourth-order valence-corrected chi connectivity index (χ4v) is 4.02. The van der Waals surface area contributed by atoms with Gasteiger partial charge in [-0.25, -0.2) is 9.37 Å². The van der Waals surface area contributed by atoms with Crippen LogP contribution in [0.5, 0.6) is 0 Å². The zero-order valence-electron chi connectivity index (χ0n) is 14.9. The maximum absolute atomic E-state index is 13.3. The highest BCUT2D eigenvalue weighted by Crippen LogP contribution is 2.35. The smallest absolute Gasteiger partial charge is 0.262 e. The molecule has 0 bridgehead atoms. The van der Waals surface area contributed by atoms with Crippen LogP contribution in [-0.2, 0) is 19.4 Å². The fourth-order valence-electron chi connectivity index (χ4n) is 3.01. The molecular formula is C19H17FN4O2S. The number of hydrogen-bond donors (Lipinski definition) is 0. The molecule has 138 valence electrons. The van der Waals surface area contributed by atoms with Crippen molar-refractivity contribution in [2.24, 2.45) is 0 Å². The summed E-state index contributed by atoms with van der Waals surface area (Å²) in [6.45, 7) is 4.29. The van der Waals surface area contributed by atoms with E-state index in [1.807, 2.05) is 13.8 Å². The zero-order chi connectivity index (χ0) is 19.0. The van der Waals surface area contributed by atoms with Gasteiger partial charge in [0, 0.05) is 29.8 Å². The molecule has 3 aromatic heterocycles. The number of aromatic nitrogens is 4. The molecule has 0 aliphatic carbocycles. The zero-order valence-corrected chi connectivity index (χ0v) is 15.7. The molecule has 0 fully saturated rings. The molecule has 27 heavy (non-hydrogen) atoms. The van der Waals surface area contributed by atoms with E-state index in [2.05, 4.69) is 15.1 Å². The van der Waals surface area contributed by atoms with Crippen LogP contribution < -0.4 is 5.56 Å². The third kappa shape index (κ3) is 3.28. The Kier molecular flexibility index (Phi) is 4.57. The van der Waals surface area contributed by atoms with Crippen LogP contribution in [0.1, 0.15) is 23.5 Å². The minimum absolute atomic E-state index is 0.126. The van der Waals surface area contributed by atoms with Crippen molar-refractivity contribution in [3.8, 4) is 11.1 Å². The van der Waals surface area contributed by atoms with E-state index < -0.39 is 0 Å². The van der Waals surface area contributed by atoms with E-state index in [4.69, 9.17) is 4.52 Å². The van der Waals surface area contributed by atoms with Gasteiger partial charge in [-0.1, -0.05) is 24.2 Å². The summed E-state index contributed by atoms with van der Waals surface area (Å²) in [6, 6.07) is 6.17. The Morgan fingerprint density at radius 3 is 2.74 bits per heavy atom. The lowest BCUT2D eigenvalue weighted by Gasteiger charge is -2.05. The van der Waals surface area contributed by atoms with E-state index in [0.717, 1.165) is 16.0 Å². The number of thiophene rings is 1. The van der Waals surface area contributed by atoms with E-state index in [1.54, 1.807) is 23.0 Å². The van der Waals surface area contributed by atoms with Gasteiger partial charge in [-0.15, -0.1) is 11.3 Å². The predicted octanol–water partition coefficient (Wildman–Crippen LogP) is 3.76. The molecule has 0 saturated carbocycles. The molecule has 0 unspecified atom stereocenters. The van der Waals surface area contributed by atoms with Crippen LogP contribution in [0.2, 0.25) is 0 Å². The Morgan fingerprint density at radius 2 is 2.04 bits per heavy atom. The van der Waals surface area contributed by atoms with Crippen LogP contribution in [0.25, 0.3) is 21.3 Å². The number of aryl methyl sites for hydroxylation is 4. The molecule has 0 saturated heterocycles. The van der Waals surface area contributed by atoms with E-state index >= 15 is 0 Å². The van der Waals surface area contributed by atoms with Gasteiger partial charge in [0.2, 0.25) is 5.89 Å². The fraction of sp³-hybridized carbons (Fsp3) is 0.263. The summed E-state index contributed by atoms with van der Waals surface area (Å²) in [4.78, 5) is 23.4. The summed E-state index contributed by atoms with van der Waals surface area (Å²) in [7, 11) is 0. The highest BCUT2D eigenvalue weighted by Gasteiger charge is 2.17. The van der Waals surface area contributed by atoms with Crippen molar-refractivity contribution >= 4 is 21.6 Å². The lowest BCUT2D eigenvalue weighted by molar-refractivity contribution is 0.366. The van der Waals surface area contributed by atoms with E-state index in [9.17, 15) is 9.18 Å². The first-order chi connectivity index (χ1) is 13.1. The van der Waals surface area contributed by atoms with Crippen molar-refractivity contribution in [1.82, 2.24) is 19.7 Å². The van der Waals surface area contributed by atoms with Crippen molar-refractivity contribution in [2.45, 2.75) is 33.2 Å². The second-order valence-corrected chi connectivity index (χ2v) is 7.37. The number of benzene rings is 1. The maximum Gasteiger partial charge on any atom is 0.262 e. The average molecular weight is 384 g/mol. The van der Waals surface area contributed by atoms with Crippen molar-refractivity contribution in [2.75, 3.05) is 0 Å². The molecule has 0 amide bonds. The summed E-state index contributed by atoms with van der Waals surface area (Å²) >= 11 is 1.46. The minimum atomic E-state index is -0.308. The molecule has 6 nitrogen and oxygen atoms in total. The molecule has 4 aromatic rings. The van der Waals surface area contributed by atoms with Crippen molar-refractivity contribution < 1.29 is 8.91 Å². The largest absolute Gasteiger partial charge is 0.339 e. The minimum Gasteiger partial charge on any atom is -0.339 e. The number of rotatable bonds is 5. The van der Waals surface area contributed by atoms with Crippen molar-refractivity contribution in [3.63, 3.8) is 0 Å². The van der Waals surface area contributed by atoms with Crippen LogP contribution in [0.15, 0.2) is 39.9 Å². The van der Waals surface area contributed by atoms with Crippen LogP contribution in [0, 0.1) is 12.7 Å². The second-order valence-electron chi connectivity index (χ2n) is 6.17. The molecule has 4 rings (SSSR count). The standard InChI is InChI=1S/C19H17FN4O2S/c1-3-14-22-15(26-23-14)8-9-24-10-21-18-17(19(24)25)16(11(2)27-18)12-4-6-13(20)7-5-12/h4-7,10H,3,8-9H2,1-2H3. The molecule has 0 aliphatic rings. The van der Waals surface area contributed by atoms with E-state index in [0.29, 0.717) is 41.3 Å². The molecule has 8 heteroatoms. The maximum atomic E-state index is 13.3. The Morgan fingerprint density at radius 1 is 1.26 bits per heavy atom. The lowest BCUT2D eigenvalue weighted by atomic mass is 10.0. The van der Waals surface area contributed by atoms with Gasteiger partial charge in [0.05, 0.1) is 11.7 Å². The first kappa shape index (κ1) is 17.5. The van der Waals surface area contributed by atoms with Gasteiger partial charge in [0.25, 0.3) is 5.56 Å². The Bertz CT molecular complexity index is 1160. The number of hydrogen-bond acceptors (Lipinski definition) is 6. The third-order valence-electron chi connectivity index (χ3n) is 4.38. The molecule has 1 aromatic carbocycles. The second kappa shape index (κ2) is 7.03. The van der Waals surface area contributed by atoms with Crippen LogP contribution in [0.3, 0.4) is 0 Å². The summed E-state index contributed by atoms with van der Waals surface area (Å²) in [5.41, 5.74) is 1.49. The Labute approximate surface area is 158 Å². The molecule has 0 spiro atoms. The van der Waals surface area contributed by atoms with Crippen LogP contribution >= 0.6 is 11.3 Å². The number of halogens is 1. The quantitative estimate of drug-likeness (QED) is 0.524. The van der Waals surface area contributed by atoms with Gasteiger partial charge in [-0.2, -0.15) is 4.98 Å². The van der Waals surface area contributed by atoms with Crippen molar-refractivity contribution in [3.05, 3.63) is 63.4 Å². The monoisotopic (exact) mass is 384 g/mol. The molecular weight excluding hydrogens is 367 g/mol. The van der Waals surface area contributed by atoms with E-state index in [1.165, 1.54) is 23.5 Å². The SMILES string of the molecule is CCc1noc(CCn2cnc3sc(C)c(-c4ccc(F)cc4)c3c2=O)n1. The van der Waals surface area contributed by atoms with Gasteiger partial charge in [-0.3, -0.25) is 9.36 Å². The summed E-state index contributed by atoms with van der Waals surface area (Å²) in [6.07, 6.45) is 2.70. The summed E-state index contributed by atoms with van der Waals surface area (Å²) in [5.74, 6) is 0.842. The molecule has 0 aliphatic heterocycles. The van der Waals surface area contributed by atoms with Crippen molar-refractivity contribution in [1.29, 1.82) is 0 Å². The Balaban J connectivity index is 1.73. The summed E-state index contributed by atoms with van der Waals surface area (Å²) in [5, 5.41) is 4.43. The molecule has 0 radical (unpaired) electrons. The third-order valence-corrected chi connectivity index (χ3v) is 5.39. The normalized spacial score (nSPS) is 11.4. The number of nitrogens with zero attached hydrogens (tertiary/aromatic N) is 4. The summed E-state index contributed by atoms with van der Waals surface area (Å²) < 4.78 is 20.0. The van der Waals surface area contributed by atoms with Gasteiger partial charge in [0.1, 0.15) is 10.6 Å². The van der Waals surface area contributed by atoms with Gasteiger partial charge in [0.15, 0.2) is 5.82 Å². The highest BCUT2D eigenvalue weighted by atomic mass is 32.1. The topological polar surface area (TPSA) is 73.8 Å². The molecule has 3 heterocycles. The lowest BCUT2D eigenvalue weighted by Crippen LogP contribution is -2.21. The van der Waals surface area contributed by atoms with Crippen LogP contribution in [0.4, 0.5) is 4.39 Å². The Hall–Kier alpha value is -2.87. The van der Waals surface area contributed by atoms with Gasteiger partial charge >= 0.3 is 0 Å². The van der Waals surface area contributed by atoms with Gasteiger partial charge in [-0.05, 0) is 24.6 Å². The highest BCUT2D eigenvalue weighted by molar-refractivity contribution is 7.19. The first-order valence-corrected chi connectivity index (χ1v) is 9.44.